The maximum Gasteiger partial charge on any atom is 0.343 e. The van der Waals surface area contributed by atoms with Gasteiger partial charge >= 0.3 is 11.3 Å². The lowest BCUT2D eigenvalue weighted by Gasteiger charge is -2.20. The van der Waals surface area contributed by atoms with Crippen molar-refractivity contribution in [1.82, 2.24) is 0 Å². The second-order valence-electron chi connectivity index (χ2n) is 7.48. The molecule has 29 heavy (non-hydrogen) atoms. The van der Waals surface area contributed by atoms with Crippen LogP contribution in [0.15, 0.2) is 67.0 Å². The summed E-state index contributed by atoms with van der Waals surface area (Å²) in [6.07, 6.45) is 0.327. The molecule has 0 bridgehead atoms. The summed E-state index contributed by atoms with van der Waals surface area (Å²) in [4.78, 5) is 25.6. The second kappa shape index (κ2) is 7.13. The zero-order valence-corrected chi connectivity index (χ0v) is 16.0. The molecule has 0 fully saturated rings. The highest BCUT2D eigenvalue weighted by molar-refractivity contribution is 5.86. The Labute approximate surface area is 165 Å². The number of rotatable bonds is 4. The van der Waals surface area contributed by atoms with Gasteiger partial charge in [0.2, 0.25) is 0 Å². The van der Waals surface area contributed by atoms with Crippen LogP contribution in [0.4, 0.5) is 0 Å². The van der Waals surface area contributed by atoms with Gasteiger partial charge in [0.05, 0.1) is 21.9 Å². The fourth-order valence-corrected chi connectivity index (χ4v) is 3.76. The largest absolute Gasteiger partial charge is 0.507 e. The van der Waals surface area contributed by atoms with Gasteiger partial charge in [-0.15, -0.1) is 0 Å². The van der Waals surface area contributed by atoms with Crippen molar-refractivity contribution in [2.24, 2.45) is 5.92 Å². The molecule has 2 N–H and O–H groups in total. The van der Waals surface area contributed by atoms with Gasteiger partial charge in [0.15, 0.2) is 0 Å². The number of fused-ring (bicyclic) bond motifs is 2. The van der Waals surface area contributed by atoms with Crippen molar-refractivity contribution < 1.29 is 19.0 Å². The highest BCUT2D eigenvalue weighted by Crippen LogP contribution is 2.41. The van der Waals surface area contributed by atoms with Crippen LogP contribution in [0.25, 0.3) is 21.9 Å². The van der Waals surface area contributed by atoms with Gasteiger partial charge in [-0.1, -0.05) is 38.1 Å². The van der Waals surface area contributed by atoms with Crippen molar-refractivity contribution in [2.45, 2.75) is 26.2 Å². The van der Waals surface area contributed by atoms with Crippen molar-refractivity contribution in [3.05, 3.63) is 80.5 Å². The molecule has 0 atom stereocenters. The first-order chi connectivity index (χ1) is 13.9. The minimum absolute atomic E-state index is 0.0514. The molecule has 4 rings (SSSR count). The van der Waals surface area contributed by atoms with E-state index in [2.05, 4.69) is 0 Å². The van der Waals surface area contributed by atoms with Crippen LogP contribution >= 0.6 is 0 Å². The molecule has 2 aromatic heterocycles. The lowest BCUT2D eigenvalue weighted by Crippen LogP contribution is -2.21. The lowest BCUT2D eigenvalue weighted by atomic mass is 9.84. The van der Waals surface area contributed by atoms with E-state index in [0.717, 1.165) is 0 Å². The quantitative estimate of drug-likeness (QED) is 0.496. The normalized spacial score (nSPS) is 11.7. The summed E-state index contributed by atoms with van der Waals surface area (Å²) in [6.45, 7) is 3.85. The van der Waals surface area contributed by atoms with Gasteiger partial charge in [-0.2, -0.15) is 0 Å². The molecule has 0 amide bonds. The first-order valence-electron chi connectivity index (χ1n) is 9.38. The van der Waals surface area contributed by atoms with Crippen LogP contribution < -0.4 is 11.3 Å². The molecule has 6 nitrogen and oxygen atoms in total. The third-order valence-electron chi connectivity index (χ3n) is 5.04. The average Bonchev–Trinajstić information content (AvgIpc) is 2.67. The van der Waals surface area contributed by atoms with Gasteiger partial charge in [-0.25, -0.2) is 9.59 Å². The fourth-order valence-electron chi connectivity index (χ4n) is 3.76. The molecule has 2 heterocycles. The molecule has 0 radical (unpaired) electrons. The van der Waals surface area contributed by atoms with E-state index in [0.29, 0.717) is 17.2 Å². The third-order valence-corrected chi connectivity index (χ3v) is 5.04. The van der Waals surface area contributed by atoms with E-state index in [1.807, 2.05) is 13.8 Å². The SMILES string of the molecule is CC(C)CC(c1c(O)c2ccccc2oc1=O)c1c(O)c2ccccc2oc1=O. The molecule has 0 saturated heterocycles. The van der Waals surface area contributed by atoms with Crippen molar-refractivity contribution in [2.75, 3.05) is 0 Å². The molecule has 0 aliphatic heterocycles. The number of hydrogen-bond acceptors (Lipinski definition) is 6. The minimum atomic E-state index is -0.892. The molecule has 148 valence electrons. The van der Waals surface area contributed by atoms with Gasteiger partial charge in [-0.05, 0) is 36.6 Å². The van der Waals surface area contributed by atoms with Gasteiger partial charge in [-0.3, -0.25) is 0 Å². The third kappa shape index (κ3) is 3.16. The maximum absolute atomic E-state index is 12.8. The van der Waals surface area contributed by atoms with E-state index in [9.17, 15) is 19.8 Å². The van der Waals surface area contributed by atoms with E-state index >= 15 is 0 Å². The van der Waals surface area contributed by atoms with Crippen LogP contribution in [0.2, 0.25) is 0 Å². The topological polar surface area (TPSA) is 101 Å². The van der Waals surface area contributed by atoms with Crippen LogP contribution in [-0.4, -0.2) is 10.2 Å². The highest BCUT2D eigenvalue weighted by atomic mass is 16.4. The Morgan fingerprint density at radius 3 is 1.59 bits per heavy atom. The molecule has 0 spiro atoms. The van der Waals surface area contributed by atoms with Crippen LogP contribution in [0.3, 0.4) is 0 Å². The summed E-state index contributed by atoms with van der Waals surface area (Å²) >= 11 is 0. The summed E-state index contributed by atoms with van der Waals surface area (Å²) in [6, 6.07) is 13.2. The Morgan fingerprint density at radius 2 is 1.17 bits per heavy atom. The van der Waals surface area contributed by atoms with E-state index in [-0.39, 0.29) is 39.7 Å². The van der Waals surface area contributed by atoms with Gasteiger partial charge in [0.25, 0.3) is 0 Å². The first kappa shape index (κ1) is 18.8. The zero-order valence-electron chi connectivity index (χ0n) is 16.0. The number of hydrogen-bond donors (Lipinski definition) is 2. The monoisotopic (exact) mass is 392 g/mol. The van der Waals surface area contributed by atoms with Crippen LogP contribution in [0.5, 0.6) is 11.5 Å². The fraction of sp³-hybridized carbons (Fsp3) is 0.217. The molecular weight excluding hydrogens is 372 g/mol. The standard InChI is InChI=1S/C23H20O6/c1-12(2)11-15(18-20(24)13-7-3-5-9-16(13)28-22(18)26)19-21(25)14-8-4-6-10-17(14)29-23(19)27/h3-10,12,15,24-25H,11H2,1-2H3. The Hall–Kier alpha value is -3.54. The predicted octanol–water partition coefficient (Wildman–Crippen LogP) is 4.49. The summed E-state index contributed by atoms with van der Waals surface area (Å²) in [7, 11) is 0. The minimum Gasteiger partial charge on any atom is -0.507 e. The summed E-state index contributed by atoms with van der Waals surface area (Å²) < 4.78 is 10.8. The van der Waals surface area contributed by atoms with Crippen LogP contribution in [0.1, 0.15) is 37.3 Å². The Kier molecular flexibility index (Phi) is 4.62. The second-order valence-corrected chi connectivity index (χ2v) is 7.48. The zero-order chi connectivity index (χ0) is 20.7. The average molecular weight is 392 g/mol. The van der Waals surface area contributed by atoms with Gasteiger partial charge in [0, 0.05) is 5.92 Å². The summed E-state index contributed by atoms with van der Waals surface area (Å²) in [5.74, 6) is -1.35. The molecule has 6 heteroatoms. The van der Waals surface area contributed by atoms with Crippen LogP contribution in [0, 0.1) is 5.92 Å². The lowest BCUT2D eigenvalue weighted by molar-refractivity contribution is 0.417. The van der Waals surface area contributed by atoms with E-state index in [1.54, 1.807) is 48.5 Å². The summed E-state index contributed by atoms with van der Waals surface area (Å²) in [5.41, 5.74) is -1.13. The molecule has 0 aliphatic rings. The van der Waals surface area contributed by atoms with Crippen LogP contribution in [-0.2, 0) is 0 Å². The predicted molar refractivity (Wildman–Crippen MR) is 110 cm³/mol. The molecule has 2 aromatic carbocycles. The first-order valence-corrected chi connectivity index (χ1v) is 9.38. The van der Waals surface area contributed by atoms with Crippen molar-refractivity contribution in [1.29, 1.82) is 0 Å². The van der Waals surface area contributed by atoms with Crippen molar-refractivity contribution in [3.8, 4) is 11.5 Å². The maximum atomic E-state index is 12.8. The molecule has 0 unspecified atom stereocenters. The van der Waals surface area contributed by atoms with Crippen molar-refractivity contribution in [3.63, 3.8) is 0 Å². The smallest absolute Gasteiger partial charge is 0.343 e. The summed E-state index contributed by atoms with van der Waals surface area (Å²) in [5, 5.41) is 22.5. The molecular formula is C23H20O6. The Bertz CT molecular complexity index is 1230. The highest BCUT2D eigenvalue weighted by Gasteiger charge is 2.31. The molecule has 0 saturated carbocycles. The number of benzene rings is 2. The Balaban J connectivity index is 2.06. The van der Waals surface area contributed by atoms with Gasteiger partial charge < -0.3 is 19.0 Å². The van der Waals surface area contributed by atoms with E-state index in [1.165, 1.54) is 0 Å². The number of aromatic hydroxyl groups is 2. The van der Waals surface area contributed by atoms with E-state index in [4.69, 9.17) is 8.83 Å². The molecule has 0 aliphatic carbocycles. The van der Waals surface area contributed by atoms with Crippen molar-refractivity contribution >= 4 is 21.9 Å². The number of para-hydroxylation sites is 2. The Morgan fingerprint density at radius 1 is 0.759 bits per heavy atom. The van der Waals surface area contributed by atoms with E-state index < -0.39 is 17.2 Å². The molecule has 4 aromatic rings. The van der Waals surface area contributed by atoms with Gasteiger partial charge in [0.1, 0.15) is 22.7 Å².